The van der Waals surface area contributed by atoms with Gasteiger partial charge < -0.3 is 34.3 Å². The molecular formula is C15H30O7. The van der Waals surface area contributed by atoms with Crippen LogP contribution in [0.4, 0.5) is 0 Å². The van der Waals surface area contributed by atoms with Crippen molar-refractivity contribution in [1.82, 2.24) is 0 Å². The van der Waals surface area contributed by atoms with Crippen molar-refractivity contribution in [1.29, 1.82) is 0 Å². The summed E-state index contributed by atoms with van der Waals surface area (Å²) < 4.78 is 23.1. The summed E-state index contributed by atoms with van der Waals surface area (Å²) in [6.07, 6.45) is 0.717. The lowest BCUT2D eigenvalue weighted by atomic mass is 10.00. The molecule has 0 aromatic rings. The van der Waals surface area contributed by atoms with Gasteiger partial charge in [-0.3, -0.25) is 0 Å². The normalized spacial score (nSPS) is 28.9. The van der Waals surface area contributed by atoms with Crippen molar-refractivity contribution in [2.75, 3.05) is 46.2 Å². The fourth-order valence-electron chi connectivity index (χ4n) is 2.36. The number of rotatable bonds is 12. The Morgan fingerprint density at radius 1 is 0.818 bits per heavy atom. The summed E-state index contributed by atoms with van der Waals surface area (Å²) in [5.41, 5.74) is 0. The molecule has 1 aliphatic heterocycles. The van der Waals surface area contributed by atoms with E-state index in [0.29, 0.717) is 45.7 Å². The minimum Gasteiger partial charge on any atom is -0.396 e. The molecule has 7 heteroatoms. The largest absolute Gasteiger partial charge is 0.396 e. The summed E-state index contributed by atoms with van der Waals surface area (Å²) in [4.78, 5) is 0. The van der Waals surface area contributed by atoms with Crippen molar-refractivity contribution in [3.8, 4) is 0 Å². The first kappa shape index (κ1) is 19.8. The van der Waals surface area contributed by atoms with Crippen molar-refractivity contribution in [3.63, 3.8) is 0 Å². The maximum atomic E-state index is 8.90. The summed E-state index contributed by atoms with van der Waals surface area (Å²) in [6, 6.07) is 0. The van der Waals surface area contributed by atoms with Gasteiger partial charge in [-0.2, -0.15) is 0 Å². The zero-order valence-electron chi connectivity index (χ0n) is 13.4. The second-order valence-electron chi connectivity index (χ2n) is 5.35. The average molecular weight is 322 g/mol. The summed E-state index contributed by atoms with van der Waals surface area (Å²) >= 11 is 0. The summed E-state index contributed by atoms with van der Waals surface area (Å²) in [5, 5.41) is 26.6. The number of hydrogen-bond donors (Lipinski definition) is 3. The fraction of sp³-hybridized carbons (Fsp3) is 1.00. The van der Waals surface area contributed by atoms with Gasteiger partial charge in [-0.1, -0.05) is 0 Å². The van der Waals surface area contributed by atoms with E-state index in [-0.39, 0.29) is 44.2 Å². The molecular weight excluding hydrogens is 292 g/mol. The highest BCUT2D eigenvalue weighted by atomic mass is 16.6. The third-order valence-corrected chi connectivity index (χ3v) is 3.54. The van der Waals surface area contributed by atoms with E-state index in [2.05, 4.69) is 0 Å². The van der Waals surface area contributed by atoms with Gasteiger partial charge in [0.05, 0.1) is 12.7 Å². The first-order valence-corrected chi connectivity index (χ1v) is 8.03. The number of aliphatic hydroxyl groups is 3. The molecule has 0 aromatic carbocycles. The Balaban J connectivity index is 2.59. The summed E-state index contributed by atoms with van der Waals surface area (Å²) in [6.45, 7) is 3.86. The molecule has 1 saturated heterocycles. The average Bonchev–Trinajstić information content (AvgIpc) is 2.52. The maximum absolute atomic E-state index is 8.90. The standard InChI is InChI=1S/C15H30O7/c1-12-14(20-9-3-6-17)15(21-10-4-7-18)13(11-22-12)19-8-2-5-16/h12-18H,2-11H2,1H3. The van der Waals surface area contributed by atoms with Crippen LogP contribution in [0.3, 0.4) is 0 Å². The van der Waals surface area contributed by atoms with Crippen LogP contribution in [0.1, 0.15) is 26.2 Å². The van der Waals surface area contributed by atoms with E-state index in [1.165, 1.54) is 0 Å². The topological polar surface area (TPSA) is 97.6 Å². The molecule has 4 unspecified atom stereocenters. The zero-order valence-corrected chi connectivity index (χ0v) is 13.4. The van der Waals surface area contributed by atoms with Gasteiger partial charge in [-0.15, -0.1) is 0 Å². The second-order valence-corrected chi connectivity index (χ2v) is 5.35. The minimum atomic E-state index is -0.285. The monoisotopic (exact) mass is 322 g/mol. The molecule has 1 rings (SSSR count). The molecule has 0 radical (unpaired) electrons. The van der Waals surface area contributed by atoms with Crippen molar-refractivity contribution < 1.29 is 34.3 Å². The number of ether oxygens (including phenoxy) is 4. The van der Waals surface area contributed by atoms with Crippen molar-refractivity contribution in [2.45, 2.75) is 50.6 Å². The van der Waals surface area contributed by atoms with Gasteiger partial charge in [-0.25, -0.2) is 0 Å². The lowest BCUT2D eigenvalue weighted by Gasteiger charge is -2.41. The van der Waals surface area contributed by atoms with Gasteiger partial charge in [0.15, 0.2) is 0 Å². The van der Waals surface area contributed by atoms with E-state index in [1.54, 1.807) is 0 Å². The van der Waals surface area contributed by atoms with Crippen LogP contribution in [0.2, 0.25) is 0 Å². The molecule has 22 heavy (non-hydrogen) atoms. The lowest BCUT2D eigenvalue weighted by Crippen LogP contribution is -2.55. The van der Waals surface area contributed by atoms with Crippen LogP contribution in [0.5, 0.6) is 0 Å². The highest BCUT2D eigenvalue weighted by Crippen LogP contribution is 2.24. The fourth-order valence-corrected chi connectivity index (χ4v) is 2.36. The molecule has 0 amide bonds. The van der Waals surface area contributed by atoms with Crippen molar-refractivity contribution in [3.05, 3.63) is 0 Å². The smallest absolute Gasteiger partial charge is 0.115 e. The first-order valence-electron chi connectivity index (χ1n) is 8.03. The molecule has 0 spiro atoms. The third kappa shape index (κ3) is 6.87. The van der Waals surface area contributed by atoms with E-state index in [0.717, 1.165) is 0 Å². The maximum Gasteiger partial charge on any atom is 0.115 e. The van der Waals surface area contributed by atoms with E-state index in [9.17, 15) is 0 Å². The minimum absolute atomic E-state index is 0.0743. The van der Waals surface area contributed by atoms with E-state index in [4.69, 9.17) is 34.3 Å². The number of aliphatic hydroxyl groups excluding tert-OH is 3. The van der Waals surface area contributed by atoms with Gasteiger partial charge >= 0.3 is 0 Å². The molecule has 0 aliphatic carbocycles. The molecule has 0 aromatic heterocycles. The molecule has 0 bridgehead atoms. The van der Waals surface area contributed by atoms with Gasteiger partial charge in [0.1, 0.15) is 18.3 Å². The zero-order chi connectivity index (χ0) is 16.2. The van der Waals surface area contributed by atoms with E-state index < -0.39 is 0 Å². The third-order valence-electron chi connectivity index (χ3n) is 3.54. The Morgan fingerprint density at radius 2 is 1.32 bits per heavy atom. The molecule has 1 fully saturated rings. The number of hydrogen-bond acceptors (Lipinski definition) is 7. The van der Waals surface area contributed by atoms with Crippen LogP contribution in [-0.2, 0) is 18.9 Å². The highest BCUT2D eigenvalue weighted by molar-refractivity contribution is 4.88. The Bertz CT molecular complexity index is 264. The Kier molecular flexibility index (Phi) is 10.9. The van der Waals surface area contributed by atoms with Gasteiger partial charge in [0.2, 0.25) is 0 Å². The Labute approximate surface area is 132 Å². The highest BCUT2D eigenvalue weighted by Gasteiger charge is 2.40. The van der Waals surface area contributed by atoms with Crippen LogP contribution in [0, 0.1) is 0 Å². The molecule has 4 atom stereocenters. The van der Waals surface area contributed by atoms with Gasteiger partial charge in [0.25, 0.3) is 0 Å². The lowest BCUT2D eigenvalue weighted by molar-refractivity contribution is -0.227. The van der Waals surface area contributed by atoms with Gasteiger partial charge in [-0.05, 0) is 26.2 Å². The van der Waals surface area contributed by atoms with E-state index in [1.807, 2.05) is 6.92 Å². The van der Waals surface area contributed by atoms with Crippen LogP contribution >= 0.6 is 0 Å². The molecule has 0 saturated carbocycles. The molecule has 7 nitrogen and oxygen atoms in total. The molecule has 3 N–H and O–H groups in total. The Morgan fingerprint density at radius 3 is 1.86 bits per heavy atom. The Hall–Kier alpha value is -0.280. The van der Waals surface area contributed by atoms with Crippen LogP contribution in [-0.4, -0.2) is 86.0 Å². The van der Waals surface area contributed by atoms with Crippen molar-refractivity contribution >= 4 is 0 Å². The molecule has 1 heterocycles. The second kappa shape index (κ2) is 12.2. The van der Waals surface area contributed by atoms with E-state index >= 15 is 0 Å². The van der Waals surface area contributed by atoms with Gasteiger partial charge in [0, 0.05) is 39.6 Å². The summed E-state index contributed by atoms with van der Waals surface area (Å²) in [5.74, 6) is 0. The van der Waals surface area contributed by atoms with Crippen LogP contribution in [0.25, 0.3) is 0 Å². The quantitative estimate of drug-likeness (QED) is 0.425. The predicted octanol–water partition coefficient (Wildman–Crippen LogP) is -0.292. The molecule has 132 valence electrons. The predicted molar refractivity (Wildman–Crippen MR) is 79.7 cm³/mol. The van der Waals surface area contributed by atoms with Crippen LogP contribution < -0.4 is 0 Å². The van der Waals surface area contributed by atoms with Crippen LogP contribution in [0.15, 0.2) is 0 Å². The first-order chi connectivity index (χ1) is 10.7. The van der Waals surface area contributed by atoms with Crippen molar-refractivity contribution in [2.24, 2.45) is 0 Å². The SMILES string of the molecule is CC1OCC(OCCCO)C(OCCCO)C1OCCCO. The molecule has 1 aliphatic rings. The summed E-state index contributed by atoms with van der Waals surface area (Å²) in [7, 11) is 0.